The fourth-order valence-electron chi connectivity index (χ4n) is 5.83. The van der Waals surface area contributed by atoms with Gasteiger partial charge < -0.3 is 34.1 Å². The first kappa shape index (κ1) is 30.9. The predicted octanol–water partition coefficient (Wildman–Crippen LogP) is 4.17. The number of aromatic nitrogens is 1. The van der Waals surface area contributed by atoms with Gasteiger partial charge >= 0.3 is 12.1 Å². The average molecular weight is 584 g/mol. The van der Waals surface area contributed by atoms with Crippen molar-refractivity contribution in [2.45, 2.75) is 83.1 Å². The van der Waals surface area contributed by atoms with Crippen molar-refractivity contribution >= 4 is 34.9 Å². The first-order valence-electron chi connectivity index (χ1n) is 14.4. The van der Waals surface area contributed by atoms with Gasteiger partial charge in [-0.3, -0.25) is 9.59 Å². The van der Waals surface area contributed by atoms with Crippen LogP contribution >= 0.6 is 0 Å². The first-order chi connectivity index (χ1) is 19.9. The van der Waals surface area contributed by atoms with E-state index in [-0.39, 0.29) is 30.3 Å². The molecular formula is C31H41N3O8. The van der Waals surface area contributed by atoms with Gasteiger partial charge in [0.05, 0.1) is 26.3 Å². The van der Waals surface area contributed by atoms with E-state index in [0.29, 0.717) is 28.0 Å². The van der Waals surface area contributed by atoms with Crippen molar-refractivity contribution < 1.29 is 33.3 Å². The fourth-order valence-corrected chi connectivity index (χ4v) is 5.83. The summed E-state index contributed by atoms with van der Waals surface area (Å²) in [6.45, 7) is 9.17. The SMILES string of the molecule is C=Cc1cc2c(O[C@@H]3C[C@@H](C(=O)OC)N(C(=O)[C@@H](NC(=O)OC(C)(C)C)C4CCCCC4)C3)cc(=O)[nH]c2cc1OC. The number of fused-ring (bicyclic) bond motifs is 1. The summed E-state index contributed by atoms with van der Waals surface area (Å²) in [6, 6.07) is 3.05. The highest BCUT2D eigenvalue weighted by molar-refractivity contribution is 5.91. The van der Waals surface area contributed by atoms with E-state index in [1.54, 1.807) is 39.0 Å². The number of ether oxygens (including phenoxy) is 4. The smallest absolute Gasteiger partial charge is 0.408 e. The van der Waals surface area contributed by atoms with Crippen molar-refractivity contribution in [2.24, 2.45) is 5.92 Å². The van der Waals surface area contributed by atoms with Crippen LogP contribution in [0.5, 0.6) is 11.5 Å². The molecule has 0 unspecified atom stereocenters. The number of rotatable bonds is 8. The number of nitrogens with zero attached hydrogens (tertiary/aromatic N) is 1. The van der Waals surface area contributed by atoms with Crippen molar-refractivity contribution in [3.8, 4) is 11.5 Å². The second-order valence-corrected chi connectivity index (χ2v) is 11.9. The number of amides is 2. The summed E-state index contributed by atoms with van der Waals surface area (Å²) >= 11 is 0. The number of nitrogens with one attached hydrogen (secondary N) is 2. The van der Waals surface area contributed by atoms with E-state index < -0.39 is 35.9 Å². The van der Waals surface area contributed by atoms with E-state index in [4.69, 9.17) is 18.9 Å². The molecule has 3 atom stereocenters. The Morgan fingerprint density at radius 3 is 2.43 bits per heavy atom. The first-order valence-corrected chi connectivity index (χ1v) is 14.4. The maximum Gasteiger partial charge on any atom is 0.408 e. The van der Waals surface area contributed by atoms with Crippen LogP contribution in [0.4, 0.5) is 4.79 Å². The Kier molecular flexibility index (Phi) is 9.48. The second-order valence-electron chi connectivity index (χ2n) is 11.9. The van der Waals surface area contributed by atoms with Crippen LogP contribution in [0.2, 0.25) is 0 Å². The number of methoxy groups -OCH3 is 2. The monoisotopic (exact) mass is 583 g/mol. The summed E-state index contributed by atoms with van der Waals surface area (Å²) in [5.41, 5.74) is 0.104. The number of aromatic amines is 1. The lowest BCUT2D eigenvalue weighted by molar-refractivity contribution is -0.152. The molecule has 1 aromatic heterocycles. The van der Waals surface area contributed by atoms with Gasteiger partial charge in [0.2, 0.25) is 5.91 Å². The van der Waals surface area contributed by atoms with Crippen LogP contribution < -0.4 is 20.3 Å². The minimum absolute atomic E-state index is 0.0661. The van der Waals surface area contributed by atoms with Crippen LogP contribution in [0.15, 0.2) is 29.6 Å². The van der Waals surface area contributed by atoms with Crippen molar-refractivity contribution in [3.63, 3.8) is 0 Å². The number of hydrogen-bond donors (Lipinski definition) is 2. The molecule has 11 nitrogen and oxygen atoms in total. The molecule has 11 heteroatoms. The maximum atomic E-state index is 14.1. The zero-order valence-electron chi connectivity index (χ0n) is 25.0. The Labute approximate surface area is 245 Å². The molecule has 2 aliphatic rings. The number of carbonyl (C=O) groups is 3. The van der Waals surface area contributed by atoms with Crippen LogP contribution in [-0.2, 0) is 19.1 Å². The third kappa shape index (κ3) is 7.06. The van der Waals surface area contributed by atoms with E-state index >= 15 is 0 Å². The van der Waals surface area contributed by atoms with Crippen LogP contribution in [0.1, 0.15) is 64.9 Å². The second kappa shape index (κ2) is 12.9. The third-order valence-electron chi connectivity index (χ3n) is 7.75. The molecule has 1 saturated carbocycles. The molecule has 0 radical (unpaired) electrons. The van der Waals surface area contributed by atoms with Crippen LogP contribution in [0.3, 0.4) is 0 Å². The normalized spacial score (nSPS) is 20.1. The van der Waals surface area contributed by atoms with Crippen LogP contribution in [-0.4, -0.2) is 72.4 Å². The molecule has 1 aliphatic carbocycles. The summed E-state index contributed by atoms with van der Waals surface area (Å²) < 4.78 is 22.2. The molecule has 1 saturated heterocycles. The van der Waals surface area contributed by atoms with Gasteiger partial charge in [-0.15, -0.1) is 0 Å². The number of hydrogen-bond acceptors (Lipinski definition) is 8. The zero-order valence-corrected chi connectivity index (χ0v) is 25.0. The summed E-state index contributed by atoms with van der Waals surface area (Å²) in [4.78, 5) is 56.5. The Bertz CT molecular complexity index is 1390. The van der Waals surface area contributed by atoms with Gasteiger partial charge in [0.25, 0.3) is 5.56 Å². The highest BCUT2D eigenvalue weighted by Gasteiger charge is 2.45. The van der Waals surface area contributed by atoms with Crippen molar-refractivity contribution in [1.82, 2.24) is 15.2 Å². The van der Waals surface area contributed by atoms with Gasteiger partial charge in [0.15, 0.2) is 0 Å². The largest absolute Gasteiger partial charge is 0.496 e. The molecule has 228 valence electrons. The molecule has 1 aliphatic heterocycles. The molecule has 4 rings (SSSR count). The minimum Gasteiger partial charge on any atom is -0.496 e. The summed E-state index contributed by atoms with van der Waals surface area (Å²) in [5.74, 6) is -0.216. The lowest BCUT2D eigenvalue weighted by atomic mass is 9.83. The number of carbonyl (C=O) groups excluding carboxylic acids is 3. The molecular weight excluding hydrogens is 542 g/mol. The van der Waals surface area contributed by atoms with Gasteiger partial charge in [-0.1, -0.05) is 31.9 Å². The molecule has 0 bridgehead atoms. The molecule has 2 aromatic rings. The molecule has 1 aromatic carbocycles. The van der Waals surface area contributed by atoms with Crippen molar-refractivity contribution in [2.75, 3.05) is 20.8 Å². The van der Waals surface area contributed by atoms with E-state index in [1.807, 2.05) is 0 Å². The zero-order chi connectivity index (χ0) is 30.6. The van der Waals surface area contributed by atoms with Gasteiger partial charge in [-0.2, -0.15) is 0 Å². The topological polar surface area (TPSA) is 136 Å². The van der Waals surface area contributed by atoms with Crippen LogP contribution in [0, 0.1) is 5.92 Å². The average Bonchev–Trinajstić information content (AvgIpc) is 3.37. The Hall–Kier alpha value is -4.02. The molecule has 2 fully saturated rings. The molecule has 0 spiro atoms. The quantitative estimate of drug-likeness (QED) is 0.442. The predicted molar refractivity (Wildman–Crippen MR) is 157 cm³/mol. The van der Waals surface area contributed by atoms with Gasteiger partial charge in [-0.05, 0) is 45.6 Å². The van der Waals surface area contributed by atoms with E-state index in [2.05, 4.69) is 16.9 Å². The van der Waals surface area contributed by atoms with Crippen molar-refractivity contribution in [1.29, 1.82) is 0 Å². The third-order valence-corrected chi connectivity index (χ3v) is 7.75. The van der Waals surface area contributed by atoms with E-state index in [1.165, 1.54) is 25.2 Å². The van der Waals surface area contributed by atoms with E-state index in [9.17, 15) is 19.2 Å². The van der Waals surface area contributed by atoms with Crippen molar-refractivity contribution in [3.05, 3.63) is 40.7 Å². The number of pyridine rings is 1. The standard InChI is InChI=1S/C31H41N3O8/c1-7-18-13-21-22(15-24(18)39-5)32-26(35)16-25(21)41-20-14-23(29(37)40-6)34(17-20)28(36)27(19-11-9-8-10-12-19)33-30(38)42-31(2,3)4/h7,13,15-16,19-20,23,27H,1,8-12,14,17H2,2-6H3,(H,32,35)(H,33,38)/t20-,23+,27+/m1/s1. The number of esters is 1. The number of H-pyrrole nitrogens is 1. The van der Waals surface area contributed by atoms with E-state index in [0.717, 1.165) is 32.1 Å². The Morgan fingerprint density at radius 2 is 1.81 bits per heavy atom. The van der Waals surface area contributed by atoms with Gasteiger partial charge in [0, 0.05) is 29.5 Å². The lowest BCUT2D eigenvalue weighted by Gasteiger charge is -2.34. The number of benzene rings is 1. The highest BCUT2D eigenvalue weighted by atomic mass is 16.6. The van der Waals surface area contributed by atoms with Gasteiger partial charge in [0.1, 0.15) is 35.3 Å². The Balaban J connectivity index is 1.63. The number of likely N-dealkylation sites (tertiary alicyclic amines) is 1. The van der Waals surface area contributed by atoms with Gasteiger partial charge in [-0.25, -0.2) is 9.59 Å². The fraction of sp³-hybridized carbons (Fsp3) is 0.548. The molecule has 2 amide bonds. The summed E-state index contributed by atoms with van der Waals surface area (Å²) in [6.07, 6.45) is 5.00. The minimum atomic E-state index is -0.920. The lowest BCUT2D eigenvalue weighted by Crippen LogP contribution is -2.55. The maximum absolute atomic E-state index is 14.1. The molecule has 42 heavy (non-hydrogen) atoms. The number of alkyl carbamates (subject to hydrolysis) is 1. The van der Waals surface area contributed by atoms with Crippen LogP contribution in [0.25, 0.3) is 17.0 Å². The molecule has 2 heterocycles. The highest BCUT2D eigenvalue weighted by Crippen LogP contribution is 2.34. The molecule has 2 N–H and O–H groups in total. The summed E-state index contributed by atoms with van der Waals surface area (Å²) in [5, 5.41) is 3.43. The summed E-state index contributed by atoms with van der Waals surface area (Å²) in [7, 11) is 2.80. The Morgan fingerprint density at radius 1 is 1.10 bits per heavy atom.